The predicted molar refractivity (Wildman–Crippen MR) is 42.1 cm³/mol. The quantitative estimate of drug-likeness (QED) is 0.542. The van der Waals surface area contributed by atoms with Crippen LogP contribution in [-0.2, 0) is 4.79 Å². The maximum atomic E-state index is 12.7. The van der Waals surface area contributed by atoms with Crippen molar-refractivity contribution >= 4 is 5.97 Å². The van der Waals surface area contributed by atoms with E-state index in [1.54, 1.807) is 0 Å². The Balaban J connectivity index is 3.95. The molecule has 0 aliphatic heterocycles. The first-order valence-corrected chi connectivity index (χ1v) is 3.86. The second kappa shape index (κ2) is 6.39. The van der Waals surface area contributed by atoms with Crippen LogP contribution in [0.15, 0.2) is 12.2 Å². The van der Waals surface area contributed by atoms with E-state index in [-0.39, 0.29) is 0 Å². The molecule has 2 nitrogen and oxygen atoms in total. The largest absolute Gasteiger partial charge is 0.478 e. The second-order valence-corrected chi connectivity index (χ2v) is 2.61. The molecule has 6 heteroatoms. The maximum Gasteiger partial charge on any atom is 0.327 e. The molecule has 0 aromatic heterocycles. The van der Waals surface area contributed by atoms with Gasteiger partial charge in [-0.2, -0.15) is 0 Å². The van der Waals surface area contributed by atoms with Crippen LogP contribution in [0.2, 0.25) is 0 Å². The number of allylic oxidation sites excluding steroid dienone is 1. The standard InChI is InChI=1S/C8H10F4O2/c9-4-6(11)8(12)5(10)2-1-3-7(13)14/h1,3,5-6,8H,2,4H2,(H,13,14). The Kier molecular flexibility index (Phi) is 5.91. The second-order valence-electron chi connectivity index (χ2n) is 2.61. The van der Waals surface area contributed by atoms with E-state index in [2.05, 4.69) is 0 Å². The fourth-order valence-electron chi connectivity index (χ4n) is 0.741. The van der Waals surface area contributed by atoms with Gasteiger partial charge in [0.25, 0.3) is 0 Å². The van der Waals surface area contributed by atoms with E-state index in [9.17, 15) is 22.4 Å². The van der Waals surface area contributed by atoms with Crippen LogP contribution in [0.4, 0.5) is 17.6 Å². The first-order chi connectivity index (χ1) is 6.49. The van der Waals surface area contributed by atoms with Gasteiger partial charge in [0.1, 0.15) is 12.8 Å². The number of aliphatic carboxylic acids is 1. The lowest BCUT2D eigenvalue weighted by Gasteiger charge is -2.13. The van der Waals surface area contributed by atoms with Crippen LogP contribution in [-0.4, -0.2) is 36.3 Å². The molecule has 0 heterocycles. The van der Waals surface area contributed by atoms with Gasteiger partial charge in [-0.15, -0.1) is 0 Å². The number of carboxylic acid groups (broad SMARTS) is 1. The van der Waals surface area contributed by atoms with Crippen molar-refractivity contribution in [3.63, 3.8) is 0 Å². The average Bonchev–Trinajstić information content (AvgIpc) is 2.14. The number of halogens is 4. The molecular formula is C8H10F4O2. The molecule has 0 fully saturated rings. The molecule has 0 bridgehead atoms. The summed E-state index contributed by atoms with van der Waals surface area (Å²) in [5.74, 6) is -1.31. The highest BCUT2D eigenvalue weighted by Gasteiger charge is 2.28. The minimum Gasteiger partial charge on any atom is -0.478 e. The molecule has 0 saturated carbocycles. The van der Waals surface area contributed by atoms with Gasteiger partial charge in [-0.05, 0) is 0 Å². The van der Waals surface area contributed by atoms with Gasteiger partial charge in [0, 0.05) is 12.5 Å². The predicted octanol–water partition coefficient (Wildman–Crippen LogP) is 2.00. The van der Waals surface area contributed by atoms with E-state index >= 15 is 0 Å². The van der Waals surface area contributed by atoms with Crippen LogP contribution >= 0.6 is 0 Å². The van der Waals surface area contributed by atoms with Gasteiger partial charge in [-0.25, -0.2) is 22.4 Å². The smallest absolute Gasteiger partial charge is 0.327 e. The molecule has 0 spiro atoms. The lowest BCUT2D eigenvalue weighted by atomic mass is 10.1. The summed E-state index contributed by atoms with van der Waals surface area (Å²) in [6, 6.07) is 0. The van der Waals surface area contributed by atoms with E-state index in [0.29, 0.717) is 6.08 Å². The number of hydrogen-bond acceptors (Lipinski definition) is 1. The summed E-state index contributed by atoms with van der Waals surface area (Å²) in [7, 11) is 0. The van der Waals surface area contributed by atoms with Gasteiger partial charge in [0.05, 0.1) is 0 Å². The third kappa shape index (κ3) is 4.84. The van der Waals surface area contributed by atoms with E-state index < -0.39 is 37.6 Å². The van der Waals surface area contributed by atoms with Gasteiger partial charge in [0.15, 0.2) is 12.3 Å². The molecule has 0 aromatic rings. The summed E-state index contributed by atoms with van der Waals surface area (Å²) in [4.78, 5) is 9.90. The van der Waals surface area contributed by atoms with Crippen LogP contribution in [0.3, 0.4) is 0 Å². The summed E-state index contributed by atoms with van der Waals surface area (Å²) in [5, 5.41) is 8.08. The molecule has 0 aliphatic carbocycles. The highest BCUT2D eigenvalue weighted by molar-refractivity contribution is 5.79. The molecule has 0 aliphatic rings. The fraction of sp³-hybridized carbons (Fsp3) is 0.625. The Hall–Kier alpha value is -1.07. The summed E-state index contributed by atoms with van der Waals surface area (Å²) >= 11 is 0. The van der Waals surface area contributed by atoms with Crippen LogP contribution in [0.5, 0.6) is 0 Å². The number of rotatable bonds is 6. The van der Waals surface area contributed by atoms with Gasteiger partial charge in [0.2, 0.25) is 0 Å². The van der Waals surface area contributed by atoms with Crippen molar-refractivity contribution in [3.8, 4) is 0 Å². The SMILES string of the molecule is O=C(O)C=CCC(F)C(F)C(F)CF. The van der Waals surface area contributed by atoms with Crippen molar-refractivity contribution < 1.29 is 27.5 Å². The topological polar surface area (TPSA) is 37.3 Å². The Bertz CT molecular complexity index is 208. The molecule has 1 N–H and O–H groups in total. The lowest BCUT2D eigenvalue weighted by molar-refractivity contribution is -0.131. The maximum absolute atomic E-state index is 12.7. The van der Waals surface area contributed by atoms with Gasteiger partial charge in [-0.3, -0.25) is 0 Å². The van der Waals surface area contributed by atoms with Crippen molar-refractivity contribution in [1.82, 2.24) is 0 Å². The molecule has 0 radical (unpaired) electrons. The van der Waals surface area contributed by atoms with Crippen LogP contribution in [0.25, 0.3) is 0 Å². The summed E-state index contributed by atoms with van der Waals surface area (Å²) < 4.78 is 49.0. The van der Waals surface area contributed by atoms with Crippen molar-refractivity contribution in [2.45, 2.75) is 24.9 Å². The fourth-order valence-corrected chi connectivity index (χ4v) is 0.741. The monoisotopic (exact) mass is 214 g/mol. The van der Waals surface area contributed by atoms with Crippen molar-refractivity contribution in [2.24, 2.45) is 0 Å². The van der Waals surface area contributed by atoms with E-state index in [1.165, 1.54) is 0 Å². The van der Waals surface area contributed by atoms with Crippen molar-refractivity contribution in [2.75, 3.05) is 6.67 Å². The lowest BCUT2D eigenvalue weighted by Crippen LogP contribution is -2.29. The zero-order valence-corrected chi connectivity index (χ0v) is 7.17. The third-order valence-electron chi connectivity index (χ3n) is 1.46. The molecule has 0 rings (SSSR count). The van der Waals surface area contributed by atoms with Gasteiger partial charge < -0.3 is 5.11 Å². The molecule has 0 amide bonds. The first kappa shape index (κ1) is 12.9. The Morgan fingerprint density at radius 1 is 1.29 bits per heavy atom. The van der Waals surface area contributed by atoms with E-state index in [1.807, 2.05) is 0 Å². The zero-order valence-electron chi connectivity index (χ0n) is 7.17. The summed E-state index contributed by atoms with van der Waals surface area (Å²) in [5.41, 5.74) is 0. The highest BCUT2D eigenvalue weighted by Crippen LogP contribution is 2.15. The number of carbonyl (C=O) groups is 1. The first-order valence-electron chi connectivity index (χ1n) is 3.86. The van der Waals surface area contributed by atoms with E-state index in [4.69, 9.17) is 5.11 Å². The highest BCUT2D eigenvalue weighted by atomic mass is 19.2. The van der Waals surface area contributed by atoms with Crippen LogP contribution < -0.4 is 0 Å². The average molecular weight is 214 g/mol. The van der Waals surface area contributed by atoms with Gasteiger partial charge in [-0.1, -0.05) is 6.08 Å². The Labute approximate surface area is 78.2 Å². The molecular weight excluding hydrogens is 204 g/mol. The number of hydrogen-bond donors (Lipinski definition) is 1. The summed E-state index contributed by atoms with van der Waals surface area (Å²) in [6.45, 7) is -1.59. The molecule has 3 unspecified atom stereocenters. The molecule has 3 atom stereocenters. The van der Waals surface area contributed by atoms with Crippen LogP contribution in [0, 0.1) is 0 Å². The Morgan fingerprint density at radius 2 is 1.86 bits per heavy atom. The zero-order chi connectivity index (χ0) is 11.1. The molecule has 0 saturated heterocycles. The summed E-state index contributed by atoms with van der Waals surface area (Å²) in [6.07, 6.45) is -6.40. The van der Waals surface area contributed by atoms with Crippen LogP contribution in [0.1, 0.15) is 6.42 Å². The normalized spacial score (nSPS) is 18.0. The van der Waals surface area contributed by atoms with Gasteiger partial charge >= 0.3 is 5.97 Å². The van der Waals surface area contributed by atoms with Crippen molar-refractivity contribution in [1.29, 1.82) is 0 Å². The van der Waals surface area contributed by atoms with Crippen molar-refractivity contribution in [3.05, 3.63) is 12.2 Å². The Morgan fingerprint density at radius 3 is 2.29 bits per heavy atom. The number of alkyl halides is 4. The molecule has 82 valence electrons. The molecule has 14 heavy (non-hydrogen) atoms. The molecule has 0 aromatic carbocycles. The minimum absolute atomic E-state index is 0.589. The number of carboxylic acids is 1. The third-order valence-corrected chi connectivity index (χ3v) is 1.46. The van der Waals surface area contributed by atoms with E-state index in [0.717, 1.165) is 6.08 Å². The minimum atomic E-state index is -2.56.